The van der Waals surface area contributed by atoms with Crippen LogP contribution in [-0.2, 0) is 35.0 Å². The van der Waals surface area contributed by atoms with Crippen LogP contribution in [0.25, 0.3) is 0 Å². The Kier molecular flexibility index (Phi) is 4.38. The Labute approximate surface area is 148 Å². The number of ether oxygens (including phenoxy) is 6. The van der Waals surface area contributed by atoms with E-state index in [1.165, 1.54) is 0 Å². The van der Waals surface area contributed by atoms with Crippen LogP contribution in [-0.4, -0.2) is 48.9 Å². The molecular weight excluding hydrogens is 324 g/mol. The smallest absolute Gasteiger partial charge is 0.190 e. The van der Waals surface area contributed by atoms with E-state index < -0.39 is 17.9 Å². The van der Waals surface area contributed by atoms with E-state index in [0.29, 0.717) is 13.2 Å². The predicted octanol–water partition coefficient (Wildman–Crippen LogP) is 2.60. The van der Waals surface area contributed by atoms with Gasteiger partial charge in [0.05, 0.1) is 13.2 Å². The molecule has 3 fully saturated rings. The Morgan fingerprint density at radius 3 is 2.24 bits per heavy atom. The normalized spacial score (nSPS) is 38.3. The lowest BCUT2D eigenvalue weighted by Gasteiger charge is -2.37. The molecule has 25 heavy (non-hydrogen) atoms. The van der Waals surface area contributed by atoms with Crippen LogP contribution in [0.1, 0.15) is 33.3 Å². The van der Waals surface area contributed by atoms with Gasteiger partial charge in [-0.25, -0.2) is 0 Å². The second-order valence-corrected chi connectivity index (χ2v) is 7.71. The summed E-state index contributed by atoms with van der Waals surface area (Å²) >= 11 is 0. The molecule has 0 amide bonds. The van der Waals surface area contributed by atoms with Gasteiger partial charge in [0.15, 0.2) is 17.9 Å². The maximum atomic E-state index is 6.11. The van der Waals surface area contributed by atoms with Crippen LogP contribution in [0.3, 0.4) is 0 Å². The molecule has 3 saturated heterocycles. The standard InChI is InChI=1S/C19H26O6/c1-18(2)22-14-13(11-20-10-12-8-6-5-7-9-12)21-17-16(15(14)23-18)24-19(3,4)25-17/h5-9,13-17H,10-11H2,1-4H3. The van der Waals surface area contributed by atoms with Gasteiger partial charge in [-0.05, 0) is 33.3 Å². The highest BCUT2D eigenvalue weighted by Crippen LogP contribution is 2.44. The maximum absolute atomic E-state index is 6.11. The molecule has 6 heteroatoms. The summed E-state index contributed by atoms with van der Waals surface area (Å²) in [6.07, 6.45) is -1.52. The van der Waals surface area contributed by atoms with Gasteiger partial charge >= 0.3 is 0 Å². The van der Waals surface area contributed by atoms with E-state index >= 15 is 0 Å². The number of hydrogen-bond donors (Lipinski definition) is 0. The highest BCUT2D eigenvalue weighted by Gasteiger charge is 2.60. The molecule has 5 unspecified atom stereocenters. The average molecular weight is 350 g/mol. The van der Waals surface area contributed by atoms with Crippen molar-refractivity contribution >= 4 is 0 Å². The van der Waals surface area contributed by atoms with Crippen molar-refractivity contribution in [2.45, 2.75) is 76.6 Å². The minimum absolute atomic E-state index is 0.235. The van der Waals surface area contributed by atoms with E-state index in [1.807, 2.05) is 58.0 Å². The first-order chi connectivity index (χ1) is 11.8. The van der Waals surface area contributed by atoms with Gasteiger partial charge in [0.1, 0.15) is 24.4 Å². The summed E-state index contributed by atoms with van der Waals surface area (Å²) in [4.78, 5) is 0. The fraction of sp³-hybridized carbons (Fsp3) is 0.684. The minimum atomic E-state index is -0.699. The van der Waals surface area contributed by atoms with Gasteiger partial charge in [-0.3, -0.25) is 0 Å². The molecule has 0 radical (unpaired) electrons. The van der Waals surface area contributed by atoms with Crippen LogP contribution < -0.4 is 0 Å². The second kappa shape index (κ2) is 6.30. The van der Waals surface area contributed by atoms with E-state index in [0.717, 1.165) is 5.56 Å². The molecule has 3 heterocycles. The molecule has 6 nitrogen and oxygen atoms in total. The Morgan fingerprint density at radius 1 is 0.840 bits per heavy atom. The van der Waals surface area contributed by atoms with E-state index in [1.54, 1.807) is 0 Å². The SMILES string of the molecule is CC1(C)OC2OC(COCc3ccccc3)C3OC(C)(C)OC3C2O1. The highest BCUT2D eigenvalue weighted by atomic mass is 16.9. The van der Waals surface area contributed by atoms with Crippen LogP contribution in [0.5, 0.6) is 0 Å². The van der Waals surface area contributed by atoms with Gasteiger partial charge in [0.2, 0.25) is 0 Å². The first-order valence-electron chi connectivity index (χ1n) is 8.81. The first kappa shape index (κ1) is 17.4. The average Bonchev–Trinajstić information content (AvgIpc) is 3.03. The van der Waals surface area contributed by atoms with Gasteiger partial charge in [0.25, 0.3) is 0 Å². The highest BCUT2D eigenvalue weighted by molar-refractivity contribution is 5.13. The maximum Gasteiger partial charge on any atom is 0.190 e. The van der Waals surface area contributed by atoms with Crippen molar-refractivity contribution in [3.63, 3.8) is 0 Å². The van der Waals surface area contributed by atoms with E-state index in [4.69, 9.17) is 28.4 Å². The summed E-state index contributed by atoms with van der Waals surface area (Å²) in [6.45, 7) is 8.51. The summed E-state index contributed by atoms with van der Waals surface area (Å²) in [7, 11) is 0. The fourth-order valence-electron chi connectivity index (χ4n) is 3.69. The van der Waals surface area contributed by atoms with E-state index in [2.05, 4.69) is 0 Å². The quantitative estimate of drug-likeness (QED) is 0.832. The number of benzene rings is 1. The van der Waals surface area contributed by atoms with Gasteiger partial charge in [-0.1, -0.05) is 30.3 Å². The van der Waals surface area contributed by atoms with Crippen LogP contribution in [0, 0.1) is 0 Å². The van der Waals surface area contributed by atoms with Crippen molar-refractivity contribution in [2.24, 2.45) is 0 Å². The topological polar surface area (TPSA) is 55.4 Å². The van der Waals surface area contributed by atoms with E-state index in [-0.39, 0.29) is 24.4 Å². The molecule has 0 aliphatic carbocycles. The number of hydrogen-bond acceptors (Lipinski definition) is 6. The van der Waals surface area contributed by atoms with Crippen LogP contribution in [0.4, 0.5) is 0 Å². The largest absolute Gasteiger partial charge is 0.374 e. The lowest BCUT2D eigenvalue weighted by Crippen LogP contribution is -2.56. The lowest BCUT2D eigenvalue weighted by molar-refractivity contribution is -0.243. The zero-order valence-electron chi connectivity index (χ0n) is 15.1. The van der Waals surface area contributed by atoms with Crippen molar-refractivity contribution < 1.29 is 28.4 Å². The third-order valence-corrected chi connectivity index (χ3v) is 4.64. The zero-order chi connectivity index (χ0) is 17.7. The molecular formula is C19H26O6. The molecule has 3 aliphatic rings. The van der Waals surface area contributed by atoms with Crippen molar-refractivity contribution in [2.75, 3.05) is 6.61 Å². The molecule has 3 aliphatic heterocycles. The van der Waals surface area contributed by atoms with Gasteiger partial charge in [-0.15, -0.1) is 0 Å². The summed E-state index contributed by atoms with van der Waals surface area (Å²) in [6, 6.07) is 10.1. The molecule has 0 bridgehead atoms. The van der Waals surface area contributed by atoms with Crippen molar-refractivity contribution in [1.29, 1.82) is 0 Å². The molecule has 0 saturated carbocycles. The van der Waals surface area contributed by atoms with Gasteiger partial charge in [-0.2, -0.15) is 0 Å². The third-order valence-electron chi connectivity index (χ3n) is 4.64. The Balaban J connectivity index is 1.44. The molecule has 0 spiro atoms. The molecule has 1 aromatic carbocycles. The van der Waals surface area contributed by atoms with Crippen LogP contribution >= 0.6 is 0 Å². The summed E-state index contributed by atoms with van der Waals surface area (Å²) < 4.78 is 36.0. The lowest BCUT2D eigenvalue weighted by atomic mass is 9.99. The molecule has 4 rings (SSSR count). The molecule has 0 N–H and O–H groups in total. The number of fused-ring (bicyclic) bond motifs is 3. The number of rotatable bonds is 4. The Hall–Kier alpha value is -1.02. The summed E-state index contributed by atoms with van der Waals surface area (Å²) in [5.41, 5.74) is 1.12. The van der Waals surface area contributed by atoms with Crippen molar-refractivity contribution in [3.05, 3.63) is 35.9 Å². The molecule has 5 atom stereocenters. The van der Waals surface area contributed by atoms with Crippen LogP contribution in [0.15, 0.2) is 30.3 Å². The Bertz CT molecular complexity index is 601. The van der Waals surface area contributed by atoms with Gasteiger partial charge in [0, 0.05) is 0 Å². The fourth-order valence-corrected chi connectivity index (χ4v) is 3.69. The molecule has 0 aromatic heterocycles. The van der Waals surface area contributed by atoms with E-state index in [9.17, 15) is 0 Å². The minimum Gasteiger partial charge on any atom is -0.374 e. The molecule has 1 aromatic rings. The van der Waals surface area contributed by atoms with Crippen molar-refractivity contribution in [1.82, 2.24) is 0 Å². The monoisotopic (exact) mass is 350 g/mol. The predicted molar refractivity (Wildman–Crippen MR) is 88.6 cm³/mol. The Morgan fingerprint density at radius 2 is 1.48 bits per heavy atom. The van der Waals surface area contributed by atoms with Gasteiger partial charge < -0.3 is 28.4 Å². The van der Waals surface area contributed by atoms with Crippen LogP contribution in [0.2, 0.25) is 0 Å². The zero-order valence-corrected chi connectivity index (χ0v) is 15.1. The summed E-state index contributed by atoms with van der Waals surface area (Å²) in [5.74, 6) is -1.38. The molecule has 138 valence electrons. The third kappa shape index (κ3) is 3.60. The first-order valence-corrected chi connectivity index (χ1v) is 8.81. The van der Waals surface area contributed by atoms with Crippen molar-refractivity contribution in [3.8, 4) is 0 Å². The summed E-state index contributed by atoms with van der Waals surface area (Å²) in [5, 5.41) is 0. The second-order valence-electron chi connectivity index (χ2n) is 7.71.